The summed E-state index contributed by atoms with van der Waals surface area (Å²) >= 11 is 0. The summed E-state index contributed by atoms with van der Waals surface area (Å²) in [5, 5.41) is 11.7. The predicted octanol–water partition coefficient (Wildman–Crippen LogP) is 0.819. The third-order valence-electron chi connectivity index (χ3n) is 4.14. The van der Waals surface area contributed by atoms with Crippen LogP contribution >= 0.6 is 0 Å². The van der Waals surface area contributed by atoms with Gasteiger partial charge in [-0.3, -0.25) is 9.10 Å². The number of carboxylic acids is 1. The SMILES string of the molecule is O=C(NC(C(=O)O)C1CC1)c1cccc(N2CCCS2(=O)=O)c1. The molecule has 1 aromatic carbocycles. The topological polar surface area (TPSA) is 104 Å². The van der Waals surface area contributed by atoms with Gasteiger partial charge in [-0.2, -0.15) is 0 Å². The van der Waals surface area contributed by atoms with Crippen molar-refractivity contribution in [2.75, 3.05) is 16.6 Å². The molecule has 0 bridgehead atoms. The molecule has 1 saturated heterocycles. The first-order valence-corrected chi connectivity index (χ1v) is 9.13. The van der Waals surface area contributed by atoms with E-state index >= 15 is 0 Å². The molecule has 2 N–H and O–H groups in total. The highest BCUT2D eigenvalue weighted by Crippen LogP contribution is 2.33. The molecule has 23 heavy (non-hydrogen) atoms. The average Bonchev–Trinajstić information content (AvgIpc) is 3.27. The van der Waals surface area contributed by atoms with Gasteiger partial charge in [0.15, 0.2) is 0 Å². The van der Waals surface area contributed by atoms with Crippen molar-refractivity contribution in [3.63, 3.8) is 0 Å². The van der Waals surface area contributed by atoms with Gasteiger partial charge >= 0.3 is 5.97 Å². The lowest BCUT2D eigenvalue weighted by atomic mass is 10.1. The molecule has 0 radical (unpaired) electrons. The van der Waals surface area contributed by atoms with Gasteiger partial charge in [0.05, 0.1) is 11.4 Å². The summed E-state index contributed by atoms with van der Waals surface area (Å²) in [4.78, 5) is 23.5. The van der Waals surface area contributed by atoms with Crippen LogP contribution in [0.25, 0.3) is 0 Å². The van der Waals surface area contributed by atoms with Crippen molar-refractivity contribution >= 4 is 27.6 Å². The molecule has 1 atom stereocenters. The molecule has 2 fully saturated rings. The maximum absolute atomic E-state index is 12.3. The smallest absolute Gasteiger partial charge is 0.326 e. The van der Waals surface area contributed by atoms with Crippen molar-refractivity contribution in [3.8, 4) is 0 Å². The number of carbonyl (C=O) groups excluding carboxylic acids is 1. The van der Waals surface area contributed by atoms with E-state index in [0.717, 1.165) is 12.8 Å². The summed E-state index contributed by atoms with van der Waals surface area (Å²) in [5.74, 6) is -1.45. The van der Waals surface area contributed by atoms with Crippen LogP contribution in [0.4, 0.5) is 5.69 Å². The van der Waals surface area contributed by atoms with Gasteiger partial charge in [0.25, 0.3) is 5.91 Å². The number of hydrogen-bond donors (Lipinski definition) is 2. The quantitative estimate of drug-likeness (QED) is 0.827. The van der Waals surface area contributed by atoms with E-state index in [1.807, 2.05) is 0 Å². The van der Waals surface area contributed by atoms with Gasteiger partial charge in [0.2, 0.25) is 10.0 Å². The summed E-state index contributed by atoms with van der Waals surface area (Å²) in [6.07, 6.45) is 2.15. The molecule has 8 heteroatoms. The van der Waals surface area contributed by atoms with Gasteiger partial charge in [-0.1, -0.05) is 6.07 Å². The molecule has 1 unspecified atom stereocenters. The Bertz CT molecular complexity index is 742. The second-order valence-corrected chi connectivity index (χ2v) is 7.93. The minimum atomic E-state index is -3.32. The Morgan fingerprint density at radius 2 is 2.04 bits per heavy atom. The molecule has 1 heterocycles. The number of amides is 1. The Kier molecular flexibility index (Phi) is 4.01. The van der Waals surface area contributed by atoms with Crippen LogP contribution in [0.2, 0.25) is 0 Å². The number of nitrogens with zero attached hydrogens (tertiary/aromatic N) is 1. The van der Waals surface area contributed by atoms with Gasteiger partial charge in [-0.15, -0.1) is 0 Å². The lowest BCUT2D eigenvalue weighted by Crippen LogP contribution is -2.42. The Morgan fingerprint density at radius 3 is 2.61 bits per heavy atom. The summed E-state index contributed by atoms with van der Waals surface area (Å²) in [5.41, 5.74) is 0.699. The fourth-order valence-electron chi connectivity index (χ4n) is 2.77. The number of nitrogens with one attached hydrogen (secondary N) is 1. The number of hydrogen-bond acceptors (Lipinski definition) is 4. The zero-order chi connectivity index (χ0) is 16.6. The third-order valence-corrected chi connectivity index (χ3v) is 6.01. The molecular formula is C15H18N2O5S. The molecule has 7 nitrogen and oxygen atoms in total. The normalized spacial score (nSPS) is 21.0. The number of anilines is 1. The second kappa shape index (κ2) is 5.84. The summed E-state index contributed by atoms with van der Waals surface area (Å²) in [6, 6.07) is 5.39. The fourth-order valence-corrected chi connectivity index (χ4v) is 4.32. The van der Waals surface area contributed by atoms with Crippen LogP contribution in [0.15, 0.2) is 24.3 Å². The Labute approximate surface area is 134 Å². The summed E-state index contributed by atoms with van der Waals surface area (Å²) in [6.45, 7) is 0.396. The van der Waals surface area contributed by atoms with E-state index in [2.05, 4.69) is 5.32 Å². The molecule has 1 amide bonds. The minimum absolute atomic E-state index is 0.0152. The molecular weight excluding hydrogens is 320 g/mol. The average molecular weight is 338 g/mol. The van der Waals surface area contributed by atoms with Crippen LogP contribution in [0.3, 0.4) is 0 Å². The highest BCUT2D eigenvalue weighted by molar-refractivity contribution is 7.93. The number of rotatable bonds is 5. The van der Waals surface area contributed by atoms with E-state index in [1.165, 1.54) is 10.4 Å². The van der Waals surface area contributed by atoms with Crippen LogP contribution in [-0.4, -0.2) is 43.7 Å². The van der Waals surface area contributed by atoms with Crippen LogP contribution in [0.5, 0.6) is 0 Å². The fraction of sp³-hybridized carbons (Fsp3) is 0.467. The van der Waals surface area contributed by atoms with Gasteiger partial charge in [-0.25, -0.2) is 13.2 Å². The van der Waals surface area contributed by atoms with Crippen molar-refractivity contribution in [1.29, 1.82) is 0 Å². The maximum atomic E-state index is 12.3. The van der Waals surface area contributed by atoms with Crippen LogP contribution in [0, 0.1) is 5.92 Å². The maximum Gasteiger partial charge on any atom is 0.326 e. The first kappa shape index (κ1) is 15.8. The van der Waals surface area contributed by atoms with Gasteiger partial charge in [-0.05, 0) is 43.4 Å². The number of carbonyl (C=O) groups is 2. The Hall–Kier alpha value is -2.09. The van der Waals surface area contributed by atoms with E-state index in [1.54, 1.807) is 18.2 Å². The van der Waals surface area contributed by atoms with Crippen molar-refractivity contribution in [2.24, 2.45) is 5.92 Å². The molecule has 1 saturated carbocycles. The van der Waals surface area contributed by atoms with Crippen LogP contribution < -0.4 is 9.62 Å². The van der Waals surface area contributed by atoms with E-state index in [4.69, 9.17) is 0 Å². The Morgan fingerprint density at radius 1 is 1.30 bits per heavy atom. The zero-order valence-corrected chi connectivity index (χ0v) is 13.3. The van der Waals surface area contributed by atoms with E-state index in [-0.39, 0.29) is 17.2 Å². The molecule has 1 aliphatic heterocycles. The largest absolute Gasteiger partial charge is 0.480 e. The second-order valence-electron chi connectivity index (χ2n) is 5.92. The van der Waals surface area contributed by atoms with Crippen molar-refractivity contribution in [2.45, 2.75) is 25.3 Å². The number of sulfonamides is 1. The van der Waals surface area contributed by atoms with Crippen molar-refractivity contribution < 1.29 is 23.1 Å². The van der Waals surface area contributed by atoms with Crippen LogP contribution in [0.1, 0.15) is 29.6 Å². The monoisotopic (exact) mass is 338 g/mol. The predicted molar refractivity (Wildman–Crippen MR) is 83.8 cm³/mol. The Balaban J connectivity index is 1.79. The number of benzene rings is 1. The van der Waals surface area contributed by atoms with Gasteiger partial charge in [0, 0.05) is 12.1 Å². The molecule has 0 aromatic heterocycles. The number of aliphatic carboxylic acids is 1. The minimum Gasteiger partial charge on any atom is -0.480 e. The first-order chi connectivity index (χ1) is 10.9. The van der Waals surface area contributed by atoms with Crippen molar-refractivity contribution in [3.05, 3.63) is 29.8 Å². The van der Waals surface area contributed by atoms with E-state index in [0.29, 0.717) is 18.7 Å². The summed E-state index contributed by atoms with van der Waals surface area (Å²) in [7, 11) is -3.32. The zero-order valence-electron chi connectivity index (χ0n) is 12.4. The molecule has 1 aromatic rings. The third kappa shape index (κ3) is 3.31. The highest BCUT2D eigenvalue weighted by Gasteiger charge is 2.37. The molecule has 3 rings (SSSR count). The highest BCUT2D eigenvalue weighted by atomic mass is 32.2. The van der Waals surface area contributed by atoms with E-state index < -0.39 is 27.9 Å². The standard InChI is InChI=1S/C15H18N2O5S/c18-14(16-13(15(19)20)10-5-6-10)11-3-1-4-12(9-11)17-7-2-8-23(17,21)22/h1,3-4,9-10,13H,2,5-8H2,(H,16,18)(H,19,20). The van der Waals surface area contributed by atoms with Crippen LogP contribution in [-0.2, 0) is 14.8 Å². The van der Waals surface area contributed by atoms with Crippen molar-refractivity contribution in [1.82, 2.24) is 5.32 Å². The molecule has 124 valence electrons. The van der Waals surface area contributed by atoms with E-state index in [9.17, 15) is 23.1 Å². The van der Waals surface area contributed by atoms with Gasteiger partial charge in [0.1, 0.15) is 6.04 Å². The molecule has 2 aliphatic rings. The number of carboxylic acid groups (broad SMARTS) is 1. The molecule has 0 spiro atoms. The van der Waals surface area contributed by atoms with Gasteiger partial charge < -0.3 is 10.4 Å². The first-order valence-electron chi connectivity index (χ1n) is 7.52. The lowest BCUT2D eigenvalue weighted by Gasteiger charge is -2.18. The summed E-state index contributed by atoms with van der Waals surface area (Å²) < 4.78 is 25.2. The lowest BCUT2D eigenvalue weighted by molar-refractivity contribution is -0.139. The molecule has 1 aliphatic carbocycles.